The fourth-order valence-corrected chi connectivity index (χ4v) is 4.98. The largest absolute Gasteiger partial charge is 0.379 e. The first-order valence-corrected chi connectivity index (χ1v) is 11.2. The fraction of sp³-hybridized carbons (Fsp3) is 0.300. The predicted octanol–water partition coefficient (Wildman–Crippen LogP) is 1.43. The molecule has 0 aliphatic carbocycles. The van der Waals surface area contributed by atoms with Gasteiger partial charge in [0.2, 0.25) is 15.9 Å². The summed E-state index contributed by atoms with van der Waals surface area (Å²) in [6.07, 6.45) is 0.485. The molecule has 1 aliphatic rings. The van der Waals surface area contributed by atoms with Crippen molar-refractivity contribution in [2.45, 2.75) is 11.3 Å². The maximum Gasteiger partial charge on any atom is 0.251 e. The third-order valence-electron chi connectivity index (χ3n) is 4.69. The number of carbonyl (C=O) groups is 2. The van der Waals surface area contributed by atoms with E-state index in [2.05, 4.69) is 5.32 Å². The quantitative estimate of drug-likeness (QED) is 0.660. The van der Waals surface area contributed by atoms with Crippen molar-refractivity contribution in [1.29, 1.82) is 0 Å². The molecule has 1 heterocycles. The summed E-state index contributed by atoms with van der Waals surface area (Å²) in [4.78, 5) is 23.7. The molecule has 0 spiro atoms. The van der Waals surface area contributed by atoms with E-state index in [1.165, 1.54) is 22.5 Å². The first kappa shape index (κ1) is 22.2. The van der Waals surface area contributed by atoms with E-state index >= 15 is 0 Å². The molecule has 0 atom stereocenters. The second-order valence-corrected chi connectivity index (χ2v) is 9.05. The van der Waals surface area contributed by atoms with Crippen LogP contribution in [0.2, 0.25) is 5.02 Å². The molecular weight excluding hydrogens is 430 g/mol. The number of benzene rings is 2. The van der Waals surface area contributed by atoms with Crippen LogP contribution in [0.15, 0.2) is 47.4 Å². The first-order valence-electron chi connectivity index (χ1n) is 9.33. The fourth-order valence-electron chi connectivity index (χ4n) is 3.07. The van der Waals surface area contributed by atoms with Gasteiger partial charge in [-0.15, -0.1) is 0 Å². The molecule has 0 unspecified atom stereocenters. The molecule has 2 aromatic rings. The predicted molar refractivity (Wildman–Crippen MR) is 112 cm³/mol. The van der Waals surface area contributed by atoms with Crippen molar-refractivity contribution in [2.24, 2.45) is 5.73 Å². The van der Waals surface area contributed by atoms with Crippen molar-refractivity contribution >= 4 is 33.4 Å². The third-order valence-corrected chi connectivity index (χ3v) is 7.07. The van der Waals surface area contributed by atoms with E-state index in [1.807, 2.05) is 6.07 Å². The molecule has 0 bridgehead atoms. The Hall–Kier alpha value is -2.46. The minimum atomic E-state index is -3.83. The number of nitrogens with two attached hydrogens (primary N) is 1. The molecule has 0 saturated carbocycles. The average molecular weight is 452 g/mol. The van der Waals surface area contributed by atoms with E-state index < -0.39 is 21.8 Å². The maximum atomic E-state index is 12.9. The summed E-state index contributed by atoms with van der Waals surface area (Å²) >= 11 is 6.12. The second kappa shape index (κ2) is 9.57. The van der Waals surface area contributed by atoms with Crippen LogP contribution in [0, 0.1) is 0 Å². The maximum absolute atomic E-state index is 12.9. The molecule has 30 heavy (non-hydrogen) atoms. The number of nitrogens with one attached hydrogen (secondary N) is 1. The molecule has 0 aromatic heterocycles. The van der Waals surface area contributed by atoms with Gasteiger partial charge < -0.3 is 15.8 Å². The Morgan fingerprint density at radius 3 is 2.53 bits per heavy atom. The monoisotopic (exact) mass is 451 g/mol. The number of amides is 2. The Morgan fingerprint density at radius 1 is 1.10 bits per heavy atom. The van der Waals surface area contributed by atoms with Gasteiger partial charge in [0.05, 0.1) is 18.2 Å². The number of ether oxygens (including phenoxy) is 1. The summed E-state index contributed by atoms with van der Waals surface area (Å²) in [5.74, 6) is -0.938. The van der Waals surface area contributed by atoms with Gasteiger partial charge in [0.1, 0.15) is 4.90 Å². The van der Waals surface area contributed by atoms with Gasteiger partial charge in [-0.25, -0.2) is 8.42 Å². The number of halogens is 1. The molecule has 1 fully saturated rings. The number of sulfonamides is 1. The highest BCUT2D eigenvalue weighted by Gasteiger charge is 2.29. The molecule has 10 heteroatoms. The lowest BCUT2D eigenvalue weighted by Crippen LogP contribution is -2.40. The van der Waals surface area contributed by atoms with Crippen LogP contribution < -0.4 is 11.1 Å². The molecule has 8 nitrogen and oxygen atoms in total. The van der Waals surface area contributed by atoms with Crippen LogP contribution in [0.25, 0.3) is 0 Å². The first-order chi connectivity index (χ1) is 14.3. The van der Waals surface area contributed by atoms with Crippen LogP contribution in [0.5, 0.6) is 0 Å². The van der Waals surface area contributed by atoms with E-state index in [9.17, 15) is 18.0 Å². The average Bonchev–Trinajstić information content (AvgIpc) is 2.74. The molecule has 1 aliphatic heterocycles. The summed E-state index contributed by atoms with van der Waals surface area (Å²) in [5.41, 5.74) is 6.71. The lowest BCUT2D eigenvalue weighted by atomic mass is 10.1. The smallest absolute Gasteiger partial charge is 0.251 e. The minimum Gasteiger partial charge on any atom is -0.379 e. The molecule has 0 radical (unpaired) electrons. The Labute approximate surface area is 180 Å². The minimum absolute atomic E-state index is 0.0568. The molecule has 1 saturated heterocycles. The van der Waals surface area contributed by atoms with Crippen LogP contribution >= 0.6 is 11.6 Å². The number of nitrogens with zero attached hydrogens (tertiary/aromatic N) is 1. The van der Waals surface area contributed by atoms with Crippen molar-refractivity contribution in [3.8, 4) is 0 Å². The van der Waals surface area contributed by atoms with Gasteiger partial charge in [-0.1, -0.05) is 23.7 Å². The summed E-state index contributed by atoms with van der Waals surface area (Å²) in [6.45, 7) is 1.40. The molecular formula is C20H22ClN3O5S. The molecule has 160 valence electrons. The summed E-state index contributed by atoms with van der Waals surface area (Å²) in [7, 11) is -3.83. The zero-order chi connectivity index (χ0) is 21.7. The molecule has 3 rings (SSSR count). The topological polar surface area (TPSA) is 119 Å². The van der Waals surface area contributed by atoms with Crippen LogP contribution in [-0.2, 0) is 21.2 Å². The lowest BCUT2D eigenvalue weighted by molar-refractivity contribution is 0.0730. The third kappa shape index (κ3) is 5.17. The summed E-state index contributed by atoms with van der Waals surface area (Å²) < 4.78 is 32.3. The highest BCUT2D eigenvalue weighted by Crippen LogP contribution is 2.26. The van der Waals surface area contributed by atoms with E-state index in [0.717, 1.165) is 5.56 Å². The second-order valence-electron chi connectivity index (χ2n) is 6.73. The van der Waals surface area contributed by atoms with Crippen LogP contribution in [0.1, 0.15) is 26.3 Å². The van der Waals surface area contributed by atoms with Gasteiger partial charge in [0.25, 0.3) is 5.91 Å². The zero-order valence-corrected chi connectivity index (χ0v) is 17.7. The van der Waals surface area contributed by atoms with Crippen molar-refractivity contribution in [1.82, 2.24) is 9.62 Å². The van der Waals surface area contributed by atoms with E-state index in [1.54, 1.807) is 18.2 Å². The van der Waals surface area contributed by atoms with Gasteiger partial charge in [0, 0.05) is 30.8 Å². The van der Waals surface area contributed by atoms with E-state index in [4.69, 9.17) is 22.1 Å². The highest BCUT2D eigenvalue weighted by atomic mass is 35.5. The normalized spacial score (nSPS) is 15.0. The Kier molecular flexibility index (Phi) is 7.09. The standard InChI is InChI=1S/C20H22ClN3O5S/c21-17-5-4-16(13-18(17)30(27,28)24-8-10-29-11-9-24)20(26)23-7-6-14-2-1-3-15(12-14)19(22)25/h1-5,12-13H,6-11H2,(H2,22,25)(H,23,26). The van der Waals surface area contributed by atoms with Gasteiger partial charge in [-0.3, -0.25) is 9.59 Å². The number of rotatable bonds is 7. The van der Waals surface area contributed by atoms with E-state index in [0.29, 0.717) is 31.7 Å². The van der Waals surface area contributed by atoms with Gasteiger partial charge in [0.15, 0.2) is 0 Å². The van der Waals surface area contributed by atoms with Gasteiger partial charge in [-0.2, -0.15) is 4.31 Å². The molecule has 2 amide bonds. The van der Waals surface area contributed by atoms with Crippen molar-refractivity contribution < 1.29 is 22.7 Å². The Bertz CT molecular complexity index is 1050. The lowest BCUT2D eigenvalue weighted by Gasteiger charge is -2.26. The number of morpholine rings is 1. The number of hydrogen-bond donors (Lipinski definition) is 2. The number of carbonyl (C=O) groups excluding carboxylic acids is 2. The highest BCUT2D eigenvalue weighted by molar-refractivity contribution is 7.89. The van der Waals surface area contributed by atoms with Gasteiger partial charge >= 0.3 is 0 Å². The summed E-state index contributed by atoms with van der Waals surface area (Å²) in [6, 6.07) is 11.0. The Balaban J connectivity index is 1.69. The van der Waals surface area contributed by atoms with Crippen molar-refractivity contribution in [2.75, 3.05) is 32.8 Å². The van der Waals surface area contributed by atoms with Gasteiger partial charge in [-0.05, 0) is 42.3 Å². The number of hydrogen-bond acceptors (Lipinski definition) is 5. The van der Waals surface area contributed by atoms with E-state index in [-0.39, 0.29) is 28.6 Å². The van der Waals surface area contributed by atoms with Crippen LogP contribution in [0.3, 0.4) is 0 Å². The Morgan fingerprint density at radius 2 is 1.83 bits per heavy atom. The number of primary amides is 1. The van der Waals surface area contributed by atoms with Crippen LogP contribution in [-0.4, -0.2) is 57.4 Å². The zero-order valence-electron chi connectivity index (χ0n) is 16.1. The van der Waals surface area contributed by atoms with Crippen molar-refractivity contribution in [3.63, 3.8) is 0 Å². The SMILES string of the molecule is NC(=O)c1cccc(CCNC(=O)c2ccc(Cl)c(S(=O)(=O)N3CCOCC3)c2)c1. The van der Waals surface area contributed by atoms with Crippen LogP contribution in [0.4, 0.5) is 0 Å². The molecule has 3 N–H and O–H groups in total. The summed E-state index contributed by atoms with van der Waals surface area (Å²) in [5, 5.41) is 2.80. The van der Waals surface area contributed by atoms with Crippen molar-refractivity contribution in [3.05, 3.63) is 64.2 Å². The molecule has 2 aromatic carbocycles.